The van der Waals surface area contributed by atoms with Crippen LogP contribution in [0, 0.1) is 0 Å². The van der Waals surface area contributed by atoms with Gasteiger partial charge in [0, 0.05) is 42.1 Å². The van der Waals surface area contributed by atoms with Crippen LogP contribution in [0.2, 0.25) is 5.02 Å². The molecule has 0 radical (unpaired) electrons. The normalized spacial score (nSPS) is 15.8. The third-order valence-electron chi connectivity index (χ3n) is 5.49. The van der Waals surface area contributed by atoms with Crippen LogP contribution >= 0.6 is 35.4 Å². The van der Waals surface area contributed by atoms with Crippen LogP contribution in [0.15, 0.2) is 47.8 Å². The molecule has 0 spiro atoms. The Bertz CT molecular complexity index is 1120. The number of anilines is 4. The minimum absolute atomic E-state index is 0.291. The molecule has 3 aromatic rings. The molecule has 1 aromatic heterocycles. The third-order valence-corrected chi connectivity index (χ3v) is 6.50. The lowest BCUT2D eigenvalue weighted by molar-refractivity contribution is 0.102. The summed E-state index contributed by atoms with van der Waals surface area (Å²) in [5.74, 6) is -0.299. The number of hydrogen-bond acceptors (Lipinski definition) is 7. The van der Waals surface area contributed by atoms with E-state index in [1.54, 1.807) is 17.5 Å². The molecule has 0 aliphatic carbocycles. The Kier molecular flexibility index (Phi) is 7.39. The number of benzene rings is 2. The molecular weight excluding hydrogens is 478 g/mol. The predicted octanol–water partition coefficient (Wildman–Crippen LogP) is 4.39. The Labute approximate surface area is 207 Å². The smallest absolute Gasteiger partial charge is 0.277 e. The molecule has 1 amide bonds. The molecule has 33 heavy (non-hydrogen) atoms. The topological polar surface area (TPSA) is 85.4 Å². The Balaban J connectivity index is 1.32. The number of likely N-dealkylation sites (tertiary alicyclic amines) is 1. The molecule has 3 N–H and O–H groups in total. The molecule has 1 saturated heterocycles. The first-order chi connectivity index (χ1) is 15.9. The SMILES string of the molecule is CN1CCC(N(C)c2ccc(NC(=S)Nc3ccc(NC(=O)c4csnn4)cc3)cc2Cl)C1. The number of amides is 1. The highest BCUT2D eigenvalue weighted by atomic mass is 35.5. The van der Waals surface area contributed by atoms with Crippen LogP contribution in [-0.2, 0) is 0 Å². The van der Waals surface area contributed by atoms with Crippen molar-refractivity contribution < 1.29 is 4.79 Å². The highest BCUT2D eigenvalue weighted by Gasteiger charge is 2.24. The number of likely N-dealkylation sites (N-methyl/N-ethyl adjacent to an activating group) is 2. The molecule has 4 rings (SSSR count). The van der Waals surface area contributed by atoms with Crippen molar-refractivity contribution in [2.45, 2.75) is 12.5 Å². The second kappa shape index (κ2) is 10.4. The zero-order chi connectivity index (χ0) is 23.4. The van der Waals surface area contributed by atoms with E-state index < -0.39 is 0 Å². The highest BCUT2D eigenvalue weighted by Crippen LogP contribution is 2.31. The Hall–Kier alpha value is -2.79. The lowest BCUT2D eigenvalue weighted by Gasteiger charge is -2.27. The van der Waals surface area contributed by atoms with Crippen molar-refractivity contribution in [3.63, 3.8) is 0 Å². The van der Waals surface area contributed by atoms with E-state index in [0.29, 0.717) is 27.6 Å². The summed E-state index contributed by atoms with van der Waals surface area (Å²) in [5.41, 5.74) is 3.54. The maximum absolute atomic E-state index is 12.1. The summed E-state index contributed by atoms with van der Waals surface area (Å²) in [4.78, 5) is 16.6. The van der Waals surface area contributed by atoms with Crippen molar-refractivity contribution in [2.24, 2.45) is 0 Å². The van der Waals surface area contributed by atoms with E-state index in [4.69, 9.17) is 23.8 Å². The van der Waals surface area contributed by atoms with E-state index in [9.17, 15) is 4.79 Å². The van der Waals surface area contributed by atoms with E-state index in [-0.39, 0.29) is 5.91 Å². The first kappa shape index (κ1) is 23.4. The molecule has 1 aliphatic heterocycles. The maximum atomic E-state index is 12.1. The van der Waals surface area contributed by atoms with Gasteiger partial charge in [-0.3, -0.25) is 4.79 Å². The van der Waals surface area contributed by atoms with Crippen LogP contribution in [0.3, 0.4) is 0 Å². The van der Waals surface area contributed by atoms with E-state index in [2.05, 4.69) is 49.4 Å². The molecule has 8 nitrogen and oxygen atoms in total. The lowest BCUT2D eigenvalue weighted by Crippen LogP contribution is -2.33. The van der Waals surface area contributed by atoms with Crippen LogP contribution in [0.1, 0.15) is 16.9 Å². The average molecular weight is 502 g/mol. The van der Waals surface area contributed by atoms with E-state index in [0.717, 1.165) is 48.1 Å². The standard InChI is InChI=1S/C22H24ClN7OS2/c1-29-10-9-17(12-29)30(2)20-8-7-16(11-18(20)23)26-22(32)25-15-5-3-14(4-6-15)24-21(31)19-13-33-28-27-19/h3-8,11,13,17H,9-10,12H2,1-2H3,(H,24,31)(H2,25,26,32). The average Bonchev–Trinajstić information content (AvgIpc) is 3.47. The summed E-state index contributed by atoms with van der Waals surface area (Å²) < 4.78 is 3.69. The van der Waals surface area contributed by atoms with Gasteiger partial charge in [0.25, 0.3) is 5.91 Å². The summed E-state index contributed by atoms with van der Waals surface area (Å²) in [7, 11) is 4.23. The predicted molar refractivity (Wildman–Crippen MR) is 140 cm³/mol. The molecule has 1 aliphatic rings. The molecule has 1 fully saturated rings. The second-order valence-electron chi connectivity index (χ2n) is 7.88. The first-order valence-corrected chi connectivity index (χ1v) is 12.0. The van der Waals surface area contributed by atoms with Gasteiger partial charge in [0.05, 0.1) is 10.7 Å². The largest absolute Gasteiger partial charge is 0.369 e. The van der Waals surface area contributed by atoms with E-state index >= 15 is 0 Å². The number of carbonyl (C=O) groups is 1. The van der Waals surface area contributed by atoms with Crippen molar-refractivity contribution in [3.8, 4) is 0 Å². The van der Waals surface area contributed by atoms with Gasteiger partial charge in [-0.1, -0.05) is 16.1 Å². The van der Waals surface area contributed by atoms with Gasteiger partial charge in [0.15, 0.2) is 10.8 Å². The van der Waals surface area contributed by atoms with Gasteiger partial charge in [-0.2, -0.15) is 0 Å². The molecule has 172 valence electrons. The molecule has 1 unspecified atom stereocenters. The minimum Gasteiger partial charge on any atom is -0.369 e. The van der Waals surface area contributed by atoms with Gasteiger partial charge in [-0.25, -0.2) is 0 Å². The van der Waals surface area contributed by atoms with Crippen LogP contribution in [0.5, 0.6) is 0 Å². The summed E-state index contributed by atoms with van der Waals surface area (Å²) >= 11 is 13.1. The molecule has 2 aromatic carbocycles. The fourth-order valence-electron chi connectivity index (χ4n) is 3.68. The van der Waals surface area contributed by atoms with Gasteiger partial charge in [0.1, 0.15) is 0 Å². The van der Waals surface area contributed by atoms with Gasteiger partial charge in [-0.15, -0.1) is 5.10 Å². The number of nitrogens with zero attached hydrogens (tertiary/aromatic N) is 4. The van der Waals surface area contributed by atoms with Crippen molar-refractivity contribution in [3.05, 3.63) is 58.6 Å². The third kappa shape index (κ3) is 5.97. The first-order valence-electron chi connectivity index (χ1n) is 10.4. The summed E-state index contributed by atoms with van der Waals surface area (Å²) in [6.45, 7) is 2.13. The highest BCUT2D eigenvalue weighted by molar-refractivity contribution is 7.80. The van der Waals surface area contributed by atoms with E-state index in [1.807, 2.05) is 30.3 Å². The van der Waals surface area contributed by atoms with Crippen LogP contribution in [0.4, 0.5) is 22.7 Å². The molecule has 0 saturated carbocycles. The van der Waals surface area contributed by atoms with Gasteiger partial charge >= 0.3 is 0 Å². The second-order valence-corrected chi connectivity index (χ2v) is 9.31. The van der Waals surface area contributed by atoms with Crippen LogP contribution < -0.4 is 20.9 Å². The zero-order valence-corrected chi connectivity index (χ0v) is 20.6. The van der Waals surface area contributed by atoms with Gasteiger partial charge in [0.2, 0.25) is 0 Å². The van der Waals surface area contributed by atoms with Crippen molar-refractivity contribution in [1.82, 2.24) is 14.5 Å². The summed E-state index contributed by atoms with van der Waals surface area (Å²) in [6, 6.07) is 13.5. The van der Waals surface area contributed by atoms with Crippen LogP contribution in [0.25, 0.3) is 0 Å². The fourth-order valence-corrected chi connectivity index (χ4v) is 4.67. The summed E-state index contributed by atoms with van der Waals surface area (Å²) in [6.07, 6.45) is 1.13. The minimum atomic E-state index is -0.299. The molecule has 2 heterocycles. The molecular formula is C22H24ClN7OS2. The number of halogens is 1. The molecule has 0 bridgehead atoms. The Morgan fingerprint density at radius 2 is 1.82 bits per heavy atom. The number of thiocarbonyl (C=S) groups is 1. The number of nitrogens with one attached hydrogen (secondary N) is 3. The van der Waals surface area contributed by atoms with Crippen molar-refractivity contribution in [1.29, 1.82) is 0 Å². The number of hydrogen-bond donors (Lipinski definition) is 3. The zero-order valence-electron chi connectivity index (χ0n) is 18.2. The van der Waals surface area contributed by atoms with Crippen molar-refractivity contribution >= 4 is 69.1 Å². The van der Waals surface area contributed by atoms with Gasteiger partial charge < -0.3 is 25.8 Å². The fraction of sp³-hybridized carbons (Fsp3) is 0.273. The maximum Gasteiger partial charge on any atom is 0.277 e. The Morgan fingerprint density at radius 3 is 2.42 bits per heavy atom. The number of aromatic nitrogens is 2. The molecule has 1 atom stereocenters. The Morgan fingerprint density at radius 1 is 1.15 bits per heavy atom. The van der Waals surface area contributed by atoms with Crippen molar-refractivity contribution in [2.75, 3.05) is 48.0 Å². The van der Waals surface area contributed by atoms with Crippen LogP contribution in [-0.4, -0.2) is 58.7 Å². The van der Waals surface area contributed by atoms with Gasteiger partial charge in [-0.05, 0) is 86.2 Å². The molecule has 11 heteroatoms. The number of carbonyl (C=O) groups excluding carboxylic acids is 1. The quantitative estimate of drug-likeness (QED) is 0.429. The monoisotopic (exact) mass is 501 g/mol. The number of rotatable bonds is 6. The lowest BCUT2D eigenvalue weighted by atomic mass is 10.2. The van der Waals surface area contributed by atoms with E-state index in [1.165, 1.54) is 0 Å². The summed E-state index contributed by atoms with van der Waals surface area (Å²) in [5, 5.41) is 15.5.